The molecule has 0 spiro atoms. The zero-order valence-corrected chi connectivity index (χ0v) is 21.8. The summed E-state index contributed by atoms with van der Waals surface area (Å²) in [6.45, 7) is 3.18. The predicted molar refractivity (Wildman–Crippen MR) is 135 cm³/mol. The van der Waals surface area contributed by atoms with Gasteiger partial charge in [0.25, 0.3) is 0 Å². The molecule has 1 aliphatic rings. The Kier molecular flexibility index (Phi) is 9.48. The largest absolute Gasteiger partial charge is 0.493 e. The van der Waals surface area contributed by atoms with E-state index in [-0.39, 0.29) is 11.8 Å². The first-order valence-electron chi connectivity index (χ1n) is 11.9. The number of ether oxygens (including phenoxy) is 5. The number of likely N-dealkylation sites (N-methyl/N-ethyl adjacent to an activating group) is 1. The van der Waals surface area contributed by atoms with Gasteiger partial charge in [0, 0.05) is 26.1 Å². The van der Waals surface area contributed by atoms with Crippen LogP contribution >= 0.6 is 0 Å². The number of hydrogen-bond acceptors (Lipinski definition) is 7. The molecule has 2 aromatic carbocycles. The maximum absolute atomic E-state index is 13.1. The second kappa shape index (κ2) is 12.5. The van der Waals surface area contributed by atoms with Gasteiger partial charge < -0.3 is 28.6 Å². The summed E-state index contributed by atoms with van der Waals surface area (Å²) in [5, 5.41) is 0. The fourth-order valence-corrected chi connectivity index (χ4v) is 4.58. The van der Waals surface area contributed by atoms with E-state index in [1.54, 1.807) is 35.5 Å². The number of benzene rings is 2. The highest BCUT2D eigenvalue weighted by Gasteiger charge is 2.27. The Morgan fingerprint density at radius 1 is 0.829 bits per heavy atom. The molecule has 0 saturated carbocycles. The minimum atomic E-state index is 0.0570. The van der Waals surface area contributed by atoms with Crippen LogP contribution in [-0.4, -0.2) is 77.9 Å². The number of rotatable bonds is 11. The van der Waals surface area contributed by atoms with Crippen molar-refractivity contribution in [2.24, 2.45) is 5.92 Å². The number of carbonyl (C=O) groups excluding carboxylic acids is 1. The molecule has 2 aromatic rings. The van der Waals surface area contributed by atoms with Crippen molar-refractivity contribution in [3.8, 4) is 28.7 Å². The van der Waals surface area contributed by atoms with E-state index in [0.717, 1.165) is 50.0 Å². The SMILES string of the molecule is COc1ccc(CCN(C)C(=O)C2CCN(Cc3cc(OC)c(OC)c(OC)c3)CC2)cc1OC. The van der Waals surface area contributed by atoms with E-state index in [9.17, 15) is 4.79 Å². The Morgan fingerprint density at radius 2 is 1.40 bits per heavy atom. The molecule has 8 heteroatoms. The molecular formula is C27H38N2O6. The highest BCUT2D eigenvalue weighted by molar-refractivity contribution is 5.78. The molecule has 0 bridgehead atoms. The van der Waals surface area contributed by atoms with Crippen LogP contribution in [0.1, 0.15) is 24.0 Å². The lowest BCUT2D eigenvalue weighted by Gasteiger charge is -2.33. The third kappa shape index (κ3) is 6.51. The third-order valence-corrected chi connectivity index (χ3v) is 6.63. The molecule has 0 atom stereocenters. The maximum Gasteiger partial charge on any atom is 0.225 e. The van der Waals surface area contributed by atoms with Gasteiger partial charge in [-0.15, -0.1) is 0 Å². The van der Waals surface area contributed by atoms with Gasteiger partial charge in [0.15, 0.2) is 23.0 Å². The van der Waals surface area contributed by atoms with Crippen LogP contribution in [0.25, 0.3) is 0 Å². The zero-order chi connectivity index (χ0) is 25.4. The molecule has 1 amide bonds. The number of hydrogen-bond donors (Lipinski definition) is 0. The van der Waals surface area contributed by atoms with Crippen LogP contribution in [0.5, 0.6) is 28.7 Å². The van der Waals surface area contributed by atoms with E-state index in [4.69, 9.17) is 23.7 Å². The molecule has 0 unspecified atom stereocenters. The van der Waals surface area contributed by atoms with Crippen molar-refractivity contribution in [2.45, 2.75) is 25.8 Å². The van der Waals surface area contributed by atoms with Gasteiger partial charge in [-0.05, 0) is 67.7 Å². The maximum atomic E-state index is 13.1. The highest BCUT2D eigenvalue weighted by Crippen LogP contribution is 2.38. The first kappa shape index (κ1) is 26.5. The molecule has 1 saturated heterocycles. The molecule has 3 rings (SSSR count). The zero-order valence-electron chi connectivity index (χ0n) is 21.8. The van der Waals surface area contributed by atoms with Crippen molar-refractivity contribution in [3.05, 3.63) is 41.5 Å². The van der Waals surface area contributed by atoms with Crippen LogP contribution in [-0.2, 0) is 17.8 Å². The number of piperidine rings is 1. The number of carbonyl (C=O) groups is 1. The van der Waals surface area contributed by atoms with E-state index in [0.29, 0.717) is 35.3 Å². The van der Waals surface area contributed by atoms with Crippen molar-refractivity contribution >= 4 is 5.91 Å². The lowest BCUT2D eigenvalue weighted by Crippen LogP contribution is -2.41. The fourth-order valence-electron chi connectivity index (χ4n) is 4.58. The van der Waals surface area contributed by atoms with E-state index in [1.807, 2.05) is 42.3 Å². The Balaban J connectivity index is 1.51. The number of likely N-dealkylation sites (tertiary alicyclic amines) is 1. The van der Waals surface area contributed by atoms with Gasteiger partial charge in [-0.3, -0.25) is 9.69 Å². The standard InChI is InChI=1S/C27H38N2O6/c1-28(12-9-19-7-8-22(31-2)23(15-19)32-3)27(30)21-10-13-29(14-11-21)18-20-16-24(33-4)26(35-6)25(17-20)34-5/h7-8,15-17,21H,9-14,18H2,1-6H3. The Bertz CT molecular complexity index is 963. The van der Waals surface area contributed by atoms with Gasteiger partial charge in [0.05, 0.1) is 35.5 Å². The molecule has 0 radical (unpaired) electrons. The average Bonchev–Trinajstić information content (AvgIpc) is 2.90. The van der Waals surface area contributed by atoms with Crippen LogP contribution in [0.3, 0.4) is 0 Å². The Hall–Kier alpha value is -3.13. The lowest BCUT2D eigenvalue weighted by molar-refractivity contribution is -0.135. The second-order valence-corrected chi connectivity index (χ2v) is 8.78. The Morgan fingerprint density at radius 3 is 1.94 bits per heavy atom. The molecule has 1 heterocycles. The molecule has 0 aromatic heterocycles. The first-order chi connectivity index (χ1) is 16.9. The summed E-state index contributed by atoms with van der Waals surface area (Å²) in [5.41, 5.74) is 2.21. The van der Waals surface area contributed by atoms with Crippen molar-refractivity contribution < 1.29 is 28.5 Å². The van der Waals surface area contributed by atoms with Crippen molar-refractivity contribution in [3.63, 3.8) is 0 Å². The van der Waals surface area contributed by atoms with Crippen LogP contribution in [0, 0.1) is 5.92 Å². The molecule has 192 valence electrons. The van der Waals surface area contributed by atoms with Gasteiger partial charge in [0.1, 0.15) is 0 Å². The van der Waals surface area contributed by atoms with Gasteiger partial charge in [-0.1, -0.05) is 6.07 Å². The smallest absolute Gasteiger partial charge is 0.225 e. The van der Waals surface area contributed by atoms with Crippen molar-refractivity contribution in [1.82, 2.24) is 9.80 Å². The normalized spacial score (nSPS) is 14.3. The summed E-state index contributed by atoms with van der Waals surface area (Å²) in [6, 6.07) is 9.86. The van der Waals surface area contributed by atoms with Gasteiger partial charge in [-0.2, -0.15) is 0 Å². The lowest BCUT2D eigenvalue weighted by atomic mass is 9.95. The molecular weight excluding hydrogens is 448 g/mol. The van der Waals surface area contributed by atoms with Crippen molar-refractivity contribution in [2.75, 3.05) is 62.2 Å². The molecule has 1 fully saturated rings. The van der Waals surface area contributed by atoms with E-state index in [1.165, 1.54) is 0 Å². The topological polar surface area (TPSA) is 69.7 Å². The van der Waals surface area contributed by atoms with E-state index in [2.05, 4.69) is 4.90 Å². The quantitative estimate of drug-likeness (QED) is 0.480. The molecule has 0 N–H and O–H groups in total. The minimum Gasteiger partial charge on any atom is -0.493 e. The predicted octanol–water partition coefficient (Wildman–Crippen LogP) is 3.64. The van der Waals surface area contributed by atoms with Crippen LogP contribution < -0.4 is 23.7 Å². The molecule has 1 aliphatic heterocycles. The highest BCUT2D eigenvalue weighted by atomic mass is 16.5. The average molecular weight is 487 g/mol. The van der Waals surface area contributed by atoms with E-state index >= 15 is 0 Å². The first-order valence-corrected chi connectivity index (χ1v) is 11.9. The summed E-state index contributed by atoms with van der Waals surface area (Å²) in [4.78, 5) is 17.3. The van der Waals surface area contributed by atoms with Gasteiger partial charge >= 0.3 is 0 Å². The summed E-state index contributed by atoms with van der Waals surface area (Å²) >= 11 is 0. The third-order valence-electron chi connectivity index (χ3n) is 6.63. The second-order valence-electron chi connectivity index (χ2n) is 8.78. The van der Waals surface area contributed by atoms with Crippen LogP contribution in [0.15, 0.2) is 30.3 Å². The summed E-state index contributed by atoms with van der Waals surface area (Å²) in [6.07, 6.45) is 2.47. The van der Waals surface area contributed by atoms with Crippen LogP contribution in [0.4, 0.5) is 0 Å². The number of methoxy groups -OCH3 is 5. The minimum absolute atomic E-state index is 0.0570. The molecule has 0 aliphatic carbocycles. The van der Waals surface area contributed by atoms with Crippen molar-refractivity contribution in [1.29, 1.82) is 0 Å². The summed E-state index contributed by atoms with van der Waals surface area (Å²) < 4.78 is 27.1. The summed E-state index contributed by atoms with van der Waals surface area (Å²) in [5.74, 6) is 3.60. The number of amides is 1. The van der Waals surface area contributed by atoms with Gasteiger partial charge in [0.2, 0.25) is 11.7 Å². The molecule has 8 nitrogen and oxygen atoms in total. The van der Waals surface area contributed by atoms with E-state index < -0.39 is 0 Å². The number of nitrogens with zero attached hydrogens (tertiary/aromatic N) is 2. The molecule has 35 heavy (non-hydrogen) atoms. The monoisotopic (exact) mass is 486 g/mol. The van der Waals surface area contributed by atoms with Crippen LogP contribution in [0.2, 0.25) is 0 Å². The fraction of sp³-hybridized carbons (Fsp3) is 0.519. The Labute approximate surface area is 208 Å². The summed E-state index contributed by atoms with van der Waals surface area (Å²) in [7, 11) is 10.0. The van der Waals surface area contributed by atoms with Gasteiger partial charge in [-0.25, -0.2) is 0 Å².